The molecule has 98 valence electrons. The number of benzene rings is 1. The maximum Gasteiger partial charge on any atom is 0.343 e. The van der Waals surface area contributed by atoms with Crippen LogP contribution in [0.5, 0.6) is 0 Å². The van der Waals surface area contributed by atoms with Crippen LogP contribution in [-0.4, -0.2) is 28.8 Å². The van der Waals surface area contributed by atoms with Crippen molar-refractivity contribution in [3.05, 3.63) is 47.4 Å². The summed E-state index contributed by atoms with van der Waals surface area (Å²) in [5.41, 5.74) is 5.28. The van der Waals surface area contributed by atoms with Crippen molar-refractivity contribution in [3.8, 4) is 0 Å². The van der Waals surface area contributed by atoms with E-state index in [1.807, 2.05) is 0 Å². The fourth-order valence-electron chi connectivity index (χ4n) is 1.52. The van der Waals surface area contributed by atoms with E-state index in [0.29, 0.717) is 0 Å². The van der Waals surface area contributed by atoms with E-state index >= 15 is 0 Å². The van der Waals surface area contributed by atoms with Gasteiger partial charge in [-0.1, -0.05) is 12.1 Å². The molecule has 6 nitrogen and oxygen atoms in total. The third-order valence-electron chi connectivity index (χ3n) is 2.46. The Morgan fingerprint density at radius 3 is 2.63 bits per heavy atom. The van der Waals surface area contributed by atoms with E-state index < -0.39 is 17.7 Å². The Hall–Kier alpha value is -2.70. The molecule has 0 fully saturated rings. The molecule has 0 unspecified atom stereocenters. The molecular weight excluding hydrogens is 253 g/mol. The smallest absolute Gasteiger partial charge is 0.343 e. The molecule has 0 radical (unpaired) electrons. The minimum absolute atomic E-state index is 0.0489. The zero-order valence-electron chi connectivity index (χ0n) is 9.96. The van der Waals surface area contributed by atoms with Gasteiger partial charge in [0.2, 0.25) is 0 Å². The highest BCUT2D eigenvalue weighted by Crippen LogP contribution is 2.13. The highest BCUT2D eigenvalue weighted by molar-refractivity contribution is 5.99. The molecular formula is C12H10FN3O3. The number of hydrogen-bond donors (Lipinski definition) is 1. The molecule has 1 aromatic carbocycles. The number of halogens is 1. The normalized spacial score (nSPS) is 10.2. The number of aromatic nitrogens is 2. The number of carbonyl (C=O) groups is 2. The standard InChI is InChI=1S/C12H10FN3O3/c1-19-12(18)8-6-16(15-10(8)14)11(17)7-4-2-3-5-9(7)13/h2-6H,1H3,(H2,14,15). The van der Waals surface area contributed by atoms with Crippen LogP contribution < -0.4 is 5.73 Å². The van der Waals surface area contributed by atoms with Gasteiger partial charge in [0.05, 0.1) is 18.9 Å². The first-order valence-corrected chi connectivity index (χ1v) is 5.27. The molecule has 2 aromatic rings. The number of esters is 1. The lowest BCUT2D eigenvalue weighted by molar-refractivity contribution is 0.0602. The van der Waals surface area contributed by atoms with Gasteiger partial charge in [-0.05, 0) is 12.1 Å². The van der Waals surface area contributed by atoms with Crippen LogP contribution in [0.15, 0.2) is 30.5 Å². The summed E-state index contributed by atoms with van der Waals surface area (Å²) in [7, 11) is 1.18. The Balaban J connectivity index is 2.41. The molecule has 0 spiro atoms. The molecule has 1 heterocycles. The van der Waals surface area contributed by atoms with E-state index in [1.54, 1.807) is 0 Å². The molecule has 0 amide bonds. The summed E-state index contributed by atoms with van der Waals surface area (Å²) in [6.07, 6.45) is 1.11. The van der Waals surface area contributed by atoms with E-state index in [2.05, 4.69) is 9.84 Å². The Bertz CT molecular complexity index is 651. The predicted molar refractivity (Wildman–Crippen MR) is 64.1 cm³/mol. The number of hydrogen-bond acceptors (Lipinski definition) is 5. The van der Waals surface area contributed by atoms with Crippen LogP contribution in [0, 0.1) is 5.82 Å². The van der Waals surface area contributed by atoms with E-state index in [4.69, 9.17) is 5.73 Å². The van der Waals surface area contributed by atoms with Crippen molar-refractivity contribution in [1.82, 2.24) is 9.78 Å². The van der Waals surface area contributed by atoms with E-state index in [1.165, 1.54) is 25.3 Å². The summed E-state index contributed by atoms with van der Waals surface area (Å²) in [4.78, 5) is 23.3. The number of rotatable bonds is 2. The lowest BCUT2D eigenvalue weighted by Crippen LogP contribution is -2.14. The van der Waals surface area contributed by atoms with E-state index in [9.17, 15) is 14.0 Å². The lowest BCUT2D eigenvalue weighted by atomic mass is 10.2. The van der Waals surface area contributed by atoms with Crippen LogP contribution in [0.25, 0.3) is 0 Å². The van der Waals surface area contributed by atoms with Crippen LogP contribution in [-0.2, 0) is 4.74 Å². The third kappa shape index (κ3) is 2.30. The zero-order chi connectivity index (χ0) is 14.0. The van der Waals surface area contributed by atoms with Crippen molar-refractivity contribution in [3.63, 3.8) is 0 Å². The quantitative estimate of drug-likeness (QED) is 0.819. The summed E-state index contributed by atoms with van der Waals surface area (Å²) in [6, 6.07) is 5.45. The van der Waals surface area contributed by atoms with Crippen molar-refractivity contribution >= 4 is 17.7 Å². The average molecular weight is 263 g/mol. The molecule has 0 saturated heterocycles. The molecule has 0 atom stereocenters. The molecule has 0 saturated carbocycles. The van der Waals surface area contributed by atoms with E-state index in [-0.39, 0.29) is 16.9 Å². The van der Waals surface area contributed by atoms with Crippen LogP contribution >= 0.6 is 0 Å². The molecule has 0 bridgehead atoms. The van der Waals surface area contributed by atoms with Crippen molar-refractivity contribution in [2.75, 3.05) is 12.8 Å². The highest BCUT2D eigenvalue weighted by atomic mass is 19.1. The monoisotopic (exact) mass is 263 g/mol. The van der Waals surface area contributed by atoms with Crippen molar-refractivity contribution in [2.45, 2.75) is 0 Å². The van der Waals surface area contributed by atoms with Gasteiger partial charge in [-0.2, -0.15) is 0 Å². The van der Waals surface area contributed by atoms with Gasteiger partial charge < -0.3 is 10.5 Å². The summed E-state index contributed by atoms with van der Waals surface area (Å²) >= 11 is 0. The van der Waals surface area contributed by atoms with Gasteiger partial charge in [-0.25, -0.2) is 13.9 Å². The van der Waals surface area contributed by atoms with Gasteiger partial charge >= 0.3 is 5.97 Å². The number of anilines is 1. The largest absolute Gasteiger partial charge is 0.465 e. The Morgan fingerprint density at radius 2 is 2.00 bits per heavy atom. The number of nitrogens with zero attached hydrogens (tertiary/aromatic N) is 2. The highest BCUT2D eigenvalue weighted by Gasteiger charge is 2.20. The van der Waals surface area contributed by atoms with Crippen LogP contribution in [0.3, 0.4) is 0 Å². The lowest BCUT2D eigenvalue weighted by Gasteiger charge is -2.01. The second kappa shape index (κ2) is 4.89. The van der Waals surface area contributed by atoms with Crippen LogP contribution in [0.2, 0.25) is 0 Å². The van der Waals surface area contributed by atoms with Crippen LogP contribution in [0.4, 0.5) is 10.2 Å². The molecule has 0 aliphatic rings. The second-order valence-electron chi connectivity index (χ2n) is 3.65. The Kier molecular flexibility index (Phi) is 3.28. The Morgan fingerprint density at radius 1 is 1.32 bits per heavy atom. The van der Waals surface area contributed by atoms with Crippen molar-refractivity contribution in [2.24, 2.45) is 0 Å². The SMILES string of the molecule is COC(=O)c1cn(C(=O)c2ccccc2F)nc1N. The number of methoxy groups -OCH3 is 1. The van der Waals surface area contributed by atoms with Crippen molar-refractivity contribution in [1.29, 1.82) is 0 Å². The average Bonchev–Trinajstić information content (AvgIpc) is 2.80. The van der Waals surface area contributed by atoms with Gasteiger partial charge in [-0.15, -0.1) is 5.10 Å². The first kappa shape index (κ1) is 12.7. The summed E-state index contributed by atoms with van der Waals surface area (Å²) in [5, 5.41) is 3.67. The second-order valence-corrected chi connectivity index (χ2v) is 3.65. The maximum absolute atomic E-state index is 13.5. The van der Waals surface area contributed by atoms with Gasteiger partial charge in [0, 0.05) is 0 Å². The first-order valence-electron chi connectivity index (χ1n) is 5.27. The van der Waals surface area contributed by atoms with Crippen molar-refractivity contribution < 1.29 is 18.7 Å². The summed E-state index contributed by atoms with van der Waals surface area (Å²) in [6.45, 7) is 0. The predicted octanol–water partition coefficient (Wildman–Crippen LogP) is 1.08. The number of ether oxygens (including phenoxy) is 1. The van der Waals surface area contributed by atoms with Crippen LogP contribution in [0.1, 0.15) is 20.7 Å². The fraction of sp³-hybridized carbons (Fsp3) is 0.0833. The number of nitrogens with two attached hydrogens (primary N) is 1. The van der Waals surface area contributed by atoms with Gasteiger partial charge in [0.1, 0.15) is 11.4 Å². The molecule has 2 N–H and O–H groups in total. The molecule has 2 rings (SSSR count). The molecule has 0 aliphatic carbocycles. The summed E-state index contributed by atoms with van der Waals surface area (Å²) < 4.78 is 18.8. The topological polar surface area (TPSA) is 87.2 Å². The first-order chi connectivity index (χ1) is 9.04. The molecule has 1 aromatic heterocycles. The summed E-state index contributed by atoms with van der Waals surface area (Å²) in [5.74, 6) is -2.28. The number of nitrogen functional groups attached to an aromatic ring is 1. The zero-order valence-corrected chi connectivity index (χ0v) is 9.96. The third-order valence-corrected chi connectivity index (χ3v) is 2.46. The minimum Gasteiger partial charge on any atom is -0.465 e. The van der Waals surface area contributed by atoms with Gasteiger partial charge in [-0.3, -0.25) is 4.79 Å². The van der Waals surface area contributed by atoms with Gasteiger partial charge in [0.15, 0.2) is 5.82 Å². The van der Waals surface area contributed by atoms with Gasteiger partial charge in [0.25, 0.3) is 5.91 Å². The molecule has 19 heavy (non-hydrogen) atoms. The maximum atomic E-state index is 13.5. The molecule has 0 aliphatic heterocycles. The van der Waals surface area contributed by atoms with E-state index in [0.717, 1.165) is 16.9 Å². The minimum atomic E-state index is -0.722. The molecule has 7 heteroatoms. The fourth-order valence-corrected chi connectivity index (χ4v) is 1.52. The number of carbonyl (C=O) groups excluding carboxylic acids is 2. The Labute approximate surface area is 107 Å².